The summed E-state index contributed by atoms with van der Waals surface area (Å²) < 4.78 is 33.1. The average molecular weight is 909 g/mol. The van der Waals surface area contributed by atoms with Crippen LogP contribution in [0.5, 0.6) is 28.7 Å². The monoisotopic (exact) mass is 908 g/mol. The number of hydrogen-bond acceptors (Lipinski definition) is 7. The van der Waals surface area contributed by atoms with E-state index in [1.54, 1.807) is 0 Å². The Kier molecular flexibility index (Phi) is 13.9. The standard InChI is InChI=1S/C59H64N4O5/c1-9-14-27-64-47-22-19-36(6)52-39-32-40-53-37(7)20-23-48(65-28-15-10-2)56(53)43(61-40)34-45-58-50(67-30-17-12-4)25-26-51(68-31-18-13-5)59(58)46(63-45)35-44-57-49(66-29-16-11-3)24-21-38(8)54(57)41(62-44)33-42(60-39)55(47)52/h19-26,32-35,60,63H,9-11,13-16,18,27-31H2,1-8H3. The van der Waals surface area contributed by atoms with Gasteiger partial charge in [-0.1, -0.05) is 77.5 Å². The number of nitrogens with zero attached hydrogens (tertiary/aromatic N) is 2. The molecule has 0 fully saturated rings. The molecule has 8 bridgehead atoms. The number of fused-ring (bicyclic) bond motifs is 20. The maximum absolute atomic E-state index is 6.68. The average Bonchev–Trinajstić information content (AvgIpc) is 4.09. The number of nitrogens with one attached hydrogen (secondary N) is 2. The first-order valence-corrected chi connectivity index (χ1v) is 24.7. The van der Waals surface area contributed by atoms with Crippen LogP contribution in [0.25, 0.3) is 88.6 Å². The van der Waals surface area contributed by atoms with Crippen molar-refractivity contribution in [3.8, 4) is 85.6 Å². The van der Waals surface area contributed by atoms with Gasteiger partial charge in [-0.25, -0.2) is 9.97 Å². The fourth-order valence-corrected chi connectivity index (χ4v) is 9.46. The number of benzene rings is 4. The van der Waals surface area contributed by atoms with Crippen LogP contribution < -0.4 is 23.7 Å². The molecule has 2 aliphatic rings. The van der Waals surface area contributed by atoms with Crippen molar-refractivity contribution in [2.45, 2.75) is 107 Å². The van der Waals surface area contributed by atoms with Crippen molar-refractivity contribution in [2.75, 3.05) is 33.0 Å². The molecule has 0 atom stereocenters. The van der Waals surface area contributed by atoms with E-state index < -0.39 is 0 Å². The van der Waals surface area contributed by atoms with Crippen LogP contribution in [0, 0.1) is 32.6 Å². The van der Waals surface area contributed by atoms with Gasteiger partial charge in [0.1, 0.15) is 35.4 Å². The van der Waals surface area contributed by atoms with E-state index in [4.69, 9.17) is 33.7 Å². The Morgan fingerprint density at radius 3 is 1.18 bits per heavy atom. The second-order valence-electron chi connectivity index (χ2n) is 18.0. The number of unbranched alkanes of at least 4 members (excludes halogenated alkanes) is 4. The summed E-state index contributed by atoms with van der Waals surface area (Å²) in [6, 6.07) is 25.5. The van der Waals surface area contributed by atoms with Gasteiger partial charge in [0.2, 0.25) is 0 Å². The number of hydrogen-bond donors (Lipinski definition) is 2. The summed E-state index contributed by atoms with van der Waals surface area (Å²) in [5.41, 5.74) is 14.1. The van der Waals surface area contributed by atoms with Gasteiger partial charge in [-0.2, -0.15) is 0 Å². The molecule has 0 spiro atoms. The van der Waals surface area contributed by atoms with Crippen LogP contribution in [0.4, 0.5) is 0 Å². The lowest BCUT2D eigenvalue weighted by Gasteiger charge is -2.13. The van der Waals surface area contributed by atoms with Gasteiger partial charge in [0, 0.05) is 27.4 Å². The molecule has 3 aromatic heterocycles. The lowest BCUT2D eigenvalue weighted by molar-refractivity contribution is 0.310. The second kappa shape index (κ2) is 20.5. The van der Waals surface area contributed by atoms with E-state index in [9.17, 15) is 0 Å². The zero-order valence-corrected chi connectivity index (χ0v) is 41.1. The molecular formula is C59H64N4O5. The van der Waals surface area contributed by atoms with Crippen LogP contribution in [0.1, 0.15) is 103 Å². The summed E-state index contributed by atoms with van der Waals surface area (Å²) in [7, 11) is 0. The normalized spacial score (nSPS) is 11.6. The molecule has 0 saturated carbocycles. The third-order valence-corrected chi connectivity index (χ3v) is 13.0. The smallest absolute Gasteiger partial charge is 0.149 e. The van der Waals surface area contributed by atoms with Crippen molar-refractivity contribution in [1.29, 1.82) is 0 Å². The van der Waals surface area contributed by atoms with Gasteiger partial charge in [0.25, 0.3) is 0 Å². The van der Waals surface area contributed by atoms with Gasteiger partial charge in [0.05, 0.1) is 87.7 Å². The molecule has 0 unspecified atom stereocenters. The molecule has 5 heterocycles. The van der Waals surface area contributed by atoms with Gasteiger partial charge in [-0.15, -0.1) is 5.92 Å². The number of H-pyrrole nitrogens is 2. The molecule has 68 heavy (non-hydrogen) atoms. The molecule has 9 heteroatoms. The van der Waals surface area contributed by atoms with Crippen molar-refractivity contribution in [3.05, 3.63) is 89.5 Å². The maximum atomic E-state index is 6.68. The minimum Gasteiger partial charge on any atom is -0.493 e. The SMILES string of the molecule is CC#CCOc1ccc(OCCCC)c2c3cc4nc(cc5[nH]c(cc6nc(cc([nH]3)c12)-c1c(OCCCC)ccc(C)c1-6)c1c(C)ccc(OCCCC)c51)-c1c(C)ccc(OCCCC)c1-4. The third-order valence-electron chi connectivity index (χ3n) is 13.0. The van der Waals surface area contributed by atoms with Crippen LogP contribution in [0.3, 0.4) is 0 Å². The summed E-state index contributed by atoms with van der Waals surface area (Å²) in [6.45, 7) is 19.7. The molecule has 0 radical (unpaired) electrons. The lowest BCUT2D eigenvalue weighted by Crippen LogP contribution is -1.99. The van der Waals surface area contributed by atoms with Crippen molar-refractivity contribution < 1.29 is 23.7 Å². The highest BCUT2D eigenvalue weighted by Crippen LogP contribution is 2.49. The molecule has 4 aromatic carbocycles. The van der Waals surface area contributed by atoms with Gasteiger partial charge in [-0.3, -0.25) is 0 Å². The van der Waals surface area contributed by atoms with E-state index in [0.717, 1.165) is 180 Å². The van der Waals surface area contributed by atoms with Crippen LogP contribution in [0.2, 0.25) is 0 Å². The maximum Gasteiger partial charge on any atom is 0.149 e. The predicted molar refractivity (Wildman–Crippen MR) is 280 cm³/mol. The van der Waals surface area contributed by atoms with E-state index in [0.29, 0.717) is 32.2 Å². The van der Waals surface area contributed by atoms with E-state index >= 15 is 0 Å². The Balaban J connectivity index is 1.49. The van der Waals surface area contributed by atoms with E-state index in [2.05, 4.69) is 131 Å². The van der Waals surface area contributed by atoms with Gasteiger partial charge in [-0.05, 0) is 125 Å². The highest BCUT2D eigenvalue weighted by molar-refractivity contribution is 6.16. The van der Waals surface area contributed by atoms with E-state index in [-0.39, 0.29) is 6.61 Å². The second-order valence-corrected chi connectivity index (χ2v) is 18.0. The van der Waals surface area contributed by atoms with Crippen molar-refractivity contribution >= 4 is 43.6 Å². The minimum atomic E-state index is 0.235. The van der Waals surface area contributed by atoms with Gasteiger partial charge < -0.3 is 33.7 Å². The Morgan fingerprint density at radius 1 is 0.412 bits per heavy atom. The highest BCUT2D eigenvalue weighted by Gasteiger charge is 2.28. The van der Waals surface area contributed by atoms with E-state index in [1.165, 1.54) is 0 Å². The summed E-state index contributed by atoms with van der Waals surface area (Å²) >= 11 is 0. The van der Waals surface area contributed by atoms with Gasteiger partial charge in [0.15, 0.2) is 0 Å². The lowest BCUT2D eigenvalue weighted by atomic mass is 9.97. The zero-order valence-electron chi connectivity index (χ0n) is 41.1. The number of aromatic amines is 2. The van der Waals surface area contributed by atoms with E-state index in [1.807, 2.05) is 19.1 Å². The topological polar surface area (TPSA) is 104 Å². The number of ether oxygens (including phenoxy) is 5. The Bertz CT molecular complexity index is 3260. The molecule has 2 N–H and O–H groups in total. The summed E-state index contributed by atoms with van der Waals surface area (Å²) in [6.07, 6.45) is 7.85. The van der Waals surface area contributed by atoms with Crippen molar-refractivity contribution in [1.82, 2.24) is 19.9 Å². The fourth-order valence-electron chi connectivity index (χ4n) is 9.46. The predicted octanol–water partition coefficient (Wildman–Crippen LogP) is 15.3. The fraction of sp³-hybridized carbons (Fsp3) is 0.356. The molecule has 9 nitrogen and oxygen atoms in total. The largest absolute Gasteiger partial charge is 0.493 e. The Labute approximate surface area is 400 Å². The summed E-state index contributed by atoms with van der Waals surface area (Å²) in [5.74, 6) is 9.99. The Morgan fingerprint density at radius 2 is 0.750 bits per heavy atom. The summed E-state index contributed by atoms with van der Waals surface area (Å²) in [4.78, 5) is 18.9. The summed E-state index contributed by atoms with van der Waals surface area (Å²) in [5, 5.41) is 3.87. The number of aromatic nitrogens is 4. The molecule has 0 saturated heterocycles. The molecule has 0 amide bonds. The minimum absolute atomic E-state index is 0.235. The number of rotatable bonds is 18. The Hall–Kier alpha value is -6.92. The molecule has 350 valence electrons. The van der Waals surface area contributed by atoms with Crippen molar-refractivity contribution in [2.24, 2.45) is 0 Å². The highest BCUT2D eigenvalue weighted by atomic mass is 16.5. The number of aryl methyl sites for hydroxylation is 3. The van der Waals surface area contributed by atoms with Crippen molar-refractivity contribution in [3.63, 3.8) is 0 Å². The molecule has 0 aliphatic carbocycles. The zero-order chi connectivity index (χ0) is 47.3. The first kappa shape index (κ1) is 46.2. The molecule has 9 rings (SSSR count). The van der Waals surface area contributed by atoms with Crippen LogP contribution in [0.15, 0.2) is 72.8 Å². The first-order valence-electron chi connectivity index (χ1n) is 24.7. The molecule has 7 aromatic rings. The van der Waals surface area contributed by atoms with Crippen LogP contribution in [-0.4, -0.2) is 53.0 Å². The first-order chi connectivity index (χ1) is 33.3. The van der Waals surface area contributed by atoms with Gasteiger partial charge >= 0.3 is 0 Å². The van der Waals surface area contributed by atoms with Crippen LogP contribution >= 0.6 is 0 Å². The quantitative estimate of drug-likeness (QED) is 0.0653. The molecule has 2 aliphatic heterocycles. The molecular weight excluding hydrogens is 845 g/mol. The third kappa shape index (κ3) is 8.85. The van der Waals surface area contributed by atoms with Crippen LogP contribution in [-0.2, 0) is 0 Å².